The second kappa shape index (κ2) is 4.87. The Morgan fingerprint density at radius 1 is 1.24 bits per heavy atom. The molecule has 1 saturated carbocycles. The van der Waals surface area contributed by atoms with Crippen LogP contribution in [0.1, 0.15) is 42.6 Å². The lowest BCUT2D eigenvalue weighted by Gasteiger charge is -2.25. The number of benzene rings is 1. The number of carbonyl (C=O) groups excluding carboxylic acids is 1. The van der Waals surface area contributed by atoms with Crippen LogP contribution in [-0.4, -0.2) is 22.6 Å². The molecule has 2 N–H and O–H groups in total. The summed E-state index contributed by atoms with van der Waals surface area (Å²) < 4.78 is 5.49. The van der Waals surface area contributed by atoms with Crippen molar-refractivity contribution in [1.29, 1.82) is 0 Å². The van der Waals surface area contributed by atoms with E-state index in [2.05, 4.69) is 20.8 Å². The molecule has 108 valence electrons. The summed E-state index contributed by atoms with van der Waals surface area (Å²) in [5, 5.41) is 13.9. The number of para-hydroxylation sites is 1. The van der Waals surface area contributed by atoms with E-state index in [0.29, 0.717) is 11.8 Å². The highest BCUT2D eigenvalue weighted by Crippen LogP contribution is 2.39. The predicted octanol–water partition coefficient (Wildman–Crippen LogP) is 2.48. The lowest BCUT2D eigenvalue weighted by molar-refractivity contribution is -0.117. The van der Waals surface area contributed by atoms with Crippen molar-refractivity contribution in [2.24, 2.45) is 0 Å². The molecule has 1 aromatic carbocycles. The molecule has 1 fully saturated rings. The van der Waals surface area contributed by atoms with Crippen molar-refractivity contribution in [3.05, 3.63) is 35.7 Å². The highest BCUT2D eigenvalue weighted by Gasteiger charge is 2.31. The third-order valence-corrected chi connectivity index (χ3v) is 4.00. The first-order valence-corrected chi connectivity index (χ1v) is 7.28. The molecule has 0 bridgehead atoms. The highest BCUT2D eigenvalue weighted by molar-refractivity contribution is 5.95. The third-order valence-electron chi connectivity index (χ3n) is 4.00. The normalized spacial score (nSPS) is 20.5. The molecule has 4 rings (SSSR count). The van der Waals surface area contributed by atoms with Crippen LogP contribution >= 0.6 is 0 Å². The first kappa shape index (κ1) is 12.4. The Bertz CT molecular complexity index is 678. The number of fused-ring (bicyclic) bond motifs is 1. The maximum atomic E-state index is 12.5. The predicted molar refractivity (Wildman–Crippen MR) is 77.2 cm³/mol. The Hall–Kier alpha value is -2.37. The van der Waals surface area contributed by atoms with E-state index in [1.807, 2.05) is 24.3 Å². The quantitative estimate of drug-likeness (QED) is 0.905. The molecule has 2 aromatic rings. The van der Waals surface area contributed by atoms with Crippen LogP contribution in [0.2, 0.25) is 0 Å². The van der Waals surface area contributed by atoms with E-state index in [4.69, 9.17) is 4.42 Å². The van der Waals surface area contributed by atoms with Gasteiger partial charge in [0.25, 0.3) is 0 Å². The van der Waals surface area contributed by atoms with E-state index in [1.54, 1.807) is 0 Å². The largest absolute Gasteiger partial charge is 0.408 e. The standard InChI is InChI=1S/C15H16N4O2/c20-13(17-15-19-18-14(21-15)9-5-6-9)11-7-8-16-12-4-2-1-3-10(11)12/h1-4,9,11,16H,5-8H2,(H,17,19,20). The number of aromatic nitrogens is 2. The highest BCUT2D eigenvalue weighted by atomic mass is 16.4. The first-order valence-electron chi connectivity index (χ1n) is 7.28. The molecule has 6 heteroatoms. The molecule has 1 aromatic heterocycles. The van der Waals surface area contributed by atoms with Gasteiger partial charge in [-0.05, 0) is 30.9 Å². The molecule has 0 spiro atoms. The molecule has 6 nitrogen and oxygen atoms in total. The summed E-state index contributed by atoms with van der Waals surface area (Å²) in [5.74, 6) is 0.757. The van der Waals surface area contributed by atoms with Gasteiger partial charge in [0.2, 0.25) is 11.8 Å². The molecule has 1 amide bonds. The minimum Gasteiger partial charge on any atom is -0.408 e. The molecule has 21 heavy (non-hydrogen) atoms. The van der Waals surface area contributed by atoms with Crippen molar-refractivity contribution in [1.82, 2.24) is 10.2 Å². The molecule has 1 atom stereocenters. The van der Waals surface area contributed by atoms with Crippen LogP contribution in [0.25, 0.3) is 0 Å². The van der Waals surface area contributed by atoms with Crippen LogP contribution in [0.15, 0.2) is 28.7 Å². The number of rotatable bonds is 3. The van der Waals surface area contributed by atoms with Crippen molar-refractivity contribution in [3.63, 3.8) is 0 Å². The van der Waals surface area contributed by atoms with Gasteiger partial charge in [-0.2, -0.15) is 0 Å². The molecular formula is C15H16N4O2. The minimum absolute atomic E-state index is 0.0880. The van der Waals surface area contributed by atoms with E-state index in [-0.39, 0.29) is 17.8 Å². The van der Waals surface area contributed by atoms with Crippen molar-refractivity contribution < 1.29 is 9.21 Å². The second-order valence-corrected chi connectivity index (χ2v) is 5.56. The van der Waals surface area contributed by atoms with Crippen LogP contribution in [0.4, 0.5) is 11.7 Å². The summed E-state index contributed by atoms with van der Waals surface area (Å²) in [4.78, 5) is 12.5. The molecule has 2 aliphatic rings. The number of nitrogens with zero attached hydrogens (tertiary/aromatic N) is 2. The molecule has 1 unspecified atom stereocenters. The average Bonchev–Trinajstić information content (AvgIpc) is 3.27. The summed E-state index contributed by atoms with van der Waals surface area (Å²) in [6.07, 6.45) is 2.95. The van der Waals surface area contributed by atoms with Gasteiger partial charge in [0.15, 0.2) is 0 Å². The van der Waals surface area contributed by atoms with Gasteiger partial charge < -0.3 is 9.73 Å². The van der Waals surface area contributed by atoms with Crippen LogP contribution < -0.4 is 10.6 Å². The van der Waals surface area contributed by atoms with Crippen LogP contribution in [0.5, 0.6) is 0 Å². The average molecular weight is 284 g/mol. The Morgan fingerprint density at radius 3 is 2.95 bits per heavy atom. The van der Waals surface area contributed by atoms with E-state index in [0.717, 1.165) is 37.1 Å². The first-order chi connectivity index (χ1) is 10.3. The topological polar surface area (TPSA) is 80.1 Å². The Labute approximate surface area is 121 Å². The van der Waals surface area contributed by atoms with E-state index in [1.165, 1.54) is 0 Å². The molecule has 2 heterocycles. The van der Waals surface area contributed by atoms with Crippen molar-refractivity contribution in [3.8, 4) is 0 Å². The van der Waals surface area contributed by atoms with Gasteiger partial charge in [-0.15, -0.1) is 5.10 Å². The number of amides is 1. The molecule has 0 saturated heterocycles. The third kappa shape index (κ3) is 2.37. The summed E-state index contributed by atoms with van der Waals surface area (Å²) in [6, 6.07) is 8.09. The van der Waals surface area contributed by atoms with Gasteiger partial charge in [0, 0.05) is 18.2 Å². The van der Waals surface area contributed by atoms with Gasteiger partial charge in [-0.25, -0.2) is 0 Å². The summed E-state index contributed by atoms with van der Waals surface area (Å²) in [7, 11) is 0. The monoisotopic (exact) mass is 284 g/mol. The molecule has 1 aliphatic heterocycles. The van der Waals surface area contributed by atoms with Crippen molar-refractivity contribution in [2.45, 2.75) is 31.1 Å². The molecule has 0 radical (unpaired) electrons. The van der Waals surface area contributed by atoms with Gasteiger partial charge >= 0.3 is 6.01 Å². The number of nitrogens with one attached hydrogen (secondary N) is 2. The maximum absolute atomic E-state index is 12.5. The van der Waals surface area contributed by atoms with Crippen LogP contribution in [0, 0.1) is 0 Å². The zero-order valence-corrected chi connectivity index (χ0v) is 11.5. The Kier molecular flexibility index (Phi) is 2.87. The van der Waals surface area contributed by atoms with E-state index >= 15 is 0 Å². The minimum atomic E-state index is -0.182. The fraction of sp³-hybridized carbons (Fsp3) is 0.400. The smallest absolute Gasteiger partial charge is 0.322 e. The van der Waals surface area contributed by atoms with Crippen molar-refractivity contribution >= 4 is 17.6 Å². The van der Waals surface area contributed by atoms with Gasteiger partial charge in [-0.1, -0.05) is 23.3 Å². The molecule has 1 aliphatic carbocycles. The number of carbonyl (C=O) groups is 1. The number of anilines is 2. The Balaban J connectivity index is 1.52. The van der Waals surface area contributed by atoms with E-state index < -0.39 is 0 Å². The zero-order valence-electron chi connectivity index (χ0n) is 11.5. The van der Waals surface area contributed by atoms with Gasteiger partial charge in [0.05, 0.1) is 5.92 Å². The Morgan fingerprint density at radius 2 is 2.10 bits per heavy atom. The summed E-state index contributed by atoms with van der Waals surface area (Å²) in [5.41, 5.74) is 2.04. The lowest BCUT2D eigenvalue weighted by Crippen LogP contribution is -2.27. The summed E-state index contributed by atoms with van der Waals surface area (Å²) in [6.45, 7) is 0.784. The lowest BCUT2D eigenvalue weighted by atomic mass is 9.90. The SMILES string of the molecule is O=C(Nc1nnc(C2CC2)o1)C1CCNc2ccccc21. The van der Waals surface area contributed by atoms with Crippen molar-refractivity contribution in [2.75, 3.05) is 17.2 Å². The second-order valence-electron chi connectivity index (χ2n) is 5.56. The number of hydrogen-bond donors (Lipinski definition) is 2. The zero-order chi connectivity index (χ0) is 14.2. The fourth-order valence-corrected chi connectivity index (χ4v) is 2.71. The fourth-order valence-electron chi connectivity index (χ4n) is 2.71. The molecular weight excluding hydrogens is 268 g/mol. The van der Waals surface area contributed by atoms with Gasteiger partial charge in [-0.3, -0.25) is 10.1 Å². The number of hydrogen-bond acceptors (Lipinski definition) is 5. The maximum Gasteiger partial charge on any atom is 0.322 e. The summed E-state index contributed by atoms with van der Waals surface area (Å²) >= 11 is 0. The van der Waals surface area contributed by atoms with Crippen LogP contribution in [0.3, 0.4) is 0 Å². The van der Waals surface area contributed by atoms with Crippen LogP contribution in [-0.2, 0) is 4.79 Å². The van der Waals surface area contributed by atoms with E-state index in [9.17, 15) is 4.79 Å². The van der Waals surface area contributed by atoms with Gasteiger partial charge in [0.1, 0.15) is 0 Å².